The minimum Gasteiger partial charge on any atom is -0.462 e. The minimum absolute atomic E-state index is 0.136. The molecule has 6 heteroatoms. The summed E-state index contributed by atoms with van der Waals surface area (Å²) < 4.78 is 9.78. The molecule has 0 aliphatic carbocycles. The first-order chi connectivity index (χ1) is 10.1. The van der Waals surface area contributed by atoms with Gasteiger partial charge in [0, 0.05) is 11.8 Å². The van der Waals surface area contributed by atoms with Crippen LogP contribution in [0.3, 0.4) is 0 Å². The lowest BCUT2D eigenvalue weighted by Gasteiger charge is -2.05. The van der Waals surface area contributed by atoms with Gasteiger partial charge in [0.15, 0.2) is 0 Å². The van der Waals surface area contributed by atoms with Crippen molar-refractivity contribution in [2.45, 2.75) is 20.3 Å². The lowest BCUT2D eigenvalue weighted by atomic mass is 10.2. The second kappa shape index (κ2) is 6.69. The van der Waals surface area contributed by atoms with Gasteiger partial charge >= 0.3 is 5.97 Å². The fourth-order valence-corrected chi connectivity index (χ4v) is 1.78. The van der Waals surface area contributed by atoms with Gasteiger partial charge in [0.25, 0.3) is 0 Å². The molecule has 1 N–H and O–H groups in total. The molecule has 2 aromatic rings. The van der Waals surface area contributed by atoms with Crippen molar-refractivity contribution in [3.8, 4) is 0 Å². The van der Waals surface area contributed by atoms with Crippen LogP contribution < -0.4 is 5.32 Å². The Morgan fingerprint density at radius 1 is 1.29 bits per heavy atom. The summed E-state index contributed by atoms with van der Waals surface area (Å²) in [7, 11) is 0. The molecule has 0 aliphatic rings. The molecule has 1 aromatic heterocycles. The number of hydrogen-bond acceptors (Lipinski definition) is 5. The molecule has 1 heterocycles. The van der Waals surface area contributed by atoms with E-state index in [1.807, 2.05) is 0 Å². The van der Waals surface area contributed by atoms with Gasteiger partial charge in [-0.15, -0.1) is 0 Å². The number of hydrogen-bond donors (Lipinski definition) is 1. The molecule has 0 atom stereocenters. The van der Waals surface area contributed by atoms with E-state index >= 15 is 0 Å². The zero-order chi connectivity index (χ0) is 15.2. The van der Waals surface area contributed by atoms with Crippen LogP contribution in [-0.2, 0) is 16.0 Å². The molecule has 0 bridgehead atoms. The lowest BCUT2D eigenvalue weighted by Crippen LogP contribution is -2.14. The summed E-state index contributed by atoms with van der Waals surface area (Å²) >= 11 is 0. The number of ether oxygens (including phenoxy) is 1. The van der Waals surface area contributed by atoms with Crippen LogP contribution in [0, 0.1) is 6.92 Å². The standard InChI is InChI=1S/C15H16N2O4/c1-3-20-15(19)11-4-6-12(7-5-11)16-14(18)9-13-8-10(2)21-17-13/h4-8H,3,9H2,1-2H3,(H,16,18). The van der Waals surface area contributed by atoms with E-state index in [9.17, 15) is 9.59 Å². The predicted octanol–water partition coefficient (Wildman–Crippen LogP) is 2.34. The van der Waals surface area contributed by atoms with E-state index in [1.165, 1.54) is 0 Å². The first-order valence-electron chi connectivity index (χ1n) is 6.57. The Labute approximate surface area is 122 Å². The van der Waals surface area contributed by atoms with Gasteiger partial charge in [-0.1, -0.05) is 5.16 Å². The zero-order valence-corrected chi connectivity index (χ0v) is 11.9. The maximum Gasteiger partial charge on any atom is 0.338 e. The highest BCUT2D eigenvalue weighted by Crippen LogP contribution is 2.11. The lowest BCUT2D eigenvalue weighted by molar-refractivity contribution is -0.115. The van der Waals surface area contributed by atoms with Gasteiger partial charge in [-0.25, -0.2) is 4.79 Å². The van der Waals surface area contributed by atoms with Crippen LogP contribution in [0.25, 0.3) is 0 Å². The number of carbonyl (C=O) groups is 2. The van der Waals surface area contributed by atoms with Crippen molar-refractivity contribution in [1.29, 1.82) is 0 Å². The number of amides is 1. The molecule has 0 unspecified atom stereocenters. The molecule has 2 rings (SSSR count). The van der Waals surface area contributed by atoms with Crippen LogP contribution in [0.1, 0.15) is 28.7 Å². The van der Waals surface area contributed by atoms with Crippen LogP contribution in [0.5, 0.6) is 0 Å². The van der Waals surface area contributed by atoms with Crippen molar-refractivity contribution in [2.75, 3.05) is 11.9 Å². The van der Waals surface area contributed by atoms with Gasteiger partial charge in [-0.05, 0) is 38.1 Å². The summed E-state index contributed by atoms with van der Waals surface area (Å²) in [6.07, 6.45) is 0.136. The van der Waals surface area contributed by atoms with Crippen molar-refractivity contribution in [3.63, 3.8) is 0 Å². The summed E-state index contributed by atoms with van der Waals surface area (Å²) in [5.74, 6) is 0.0808. The van der Waals surface area contributed by atoms with E-state index in [1.54, 1.807) is 44.2 Å². The summed E-state index contributed by atoms with van der Waals surface area (Å²) in [6.45, 7) is 3.84. The average Bonchev–Trinajstić information content (AvgIpc) is 2.85. The van der Waals surface area contributed by atoms with E-state index < -0.39 is 0 Å². The third-order valence-electron chi connectivity index (χ3n) is 2.70. The molecule has 0 saturated carbocycles. The van der Waals surface area contributed by atoms with E-state index in [0.29, 0.717) is 29.3 Å². The molecule has 0 spiro atoms. The van der Waals surface area contributed by atoms with Crippen molar-refractivity contribution in [2.24, 2.45) is 0 Å². The van der Waals surface area contributed by atoms with Gasteiger partial charge in [0.2, 0.25) is 5.91 Å². The summed E-state index contributed by atoms with van der Waals surface area (Å²) in [5.41, 5.74) is 1.63. The smallest absolute Gasteiger partial charge is 0.338 e. The van der Waals surface area contributed by atoms with Crippen molar-refractivity contribution >= 4 is 17.6 Å². The van der Waals surface area contributed by atoms with Crippen LogP contribution in [0.15, 0.2) is 34.9 Å². The highest BCUT2D eigenvalue weighted by molar-refractivity contribution is 5.93. The Kier molecular flexibility index (Phi) is 4.71. The van der Waals surface area contributed by atoms with Crippen LogP contribution >= 0.6 is 0 Å². The molecular weight excluding hydrogens is 272 g/mol. The number of benzene rings is 1. The number of aromatic nitrogens is 1. The van der Waals surface area contributed by atoms with Crippen molar-refractivity contribution in [3.05, 3.63) is 47.3 Å². The maximum atomic E-state index is 11.8. The first-order valence-corrected chi connectivity index (χ1v) is 6.57. The number of anilines is 1. The van der Waals surface area contributed by atoms with E-state index in [0.717, 1.165) is 0 Å². The number of nitrogens with zero attached hydrogens (tertiary/aromatic N) is 1. The summed E-state index contributed by atoms with van der Waals surface area (Å²) in [6, 6.07) is 8.22. The van der Waals surface area contributed by atoms with Crippen LogP contribution in [0.2, 0.25) is 0 Å². The minimum atomic E-state index is -0.381. The van der Waals surface area contributed by atoms with Gasteiger partial charge < -0.3 is 14.6 Å². The Hall–Kier alpha value is -2.63. The fourth-order valence-electron chi connectivity index (χ4n) is 1.78. The molecule has 0 saturated heterocycles. The third kappa shape index (κ3) is 4.17. The topological polar surface area (TPSA) is 81.4 Å². The second-order valence-corrected chi connectivity index (χ2v) is 4.45. The Bertz CT molecular complexity index is 631. The number of aryl methyl sites for hydroxylation is 1. The van der Waals surface area contributed by atoms with Gasteiger partial charge in [0.05, 0.1) is 24.3 Å². The molecule has 0 radical (unpaired) electrons. The summed E-state index contributed by atoms with van der Waals surface area (Å²) in [4.78, 5) is 23.3. The largest absolute Gasteiger partial charge is 0.462 e. The molecular formula is C15H16N2O4. The summed E-state index contributed by atoms with van der Waals surface area (Å²) in [5, 5.41) is 6.48. The molecule has 1 aromatic carbocycles. The predicted molar refractivity (Wildman–Crippen MR) is 76.0 cm³/mol. The Morgan fingerprint density at radius 3 is 2.57 bits per heavy atom. The monoisotopic (exact) mass is 288 g/mol. The van der Waals surface area contributed by atoms with Gasteiger partial charge in [-0.2, -0.15) is 0 Å². The van der Waals surface area contributed by atoms with E-state index in [-0.39, 0.29) is 18.3 Å². The fraction of sp³-hybridized carbons (Fsp3) is 0.267. The van der Waals surface area contributed by atoms with E-state index in [4.69, 9.17) is 9.26 Å². The molecule has 0 aliphatic heterocycles. The molecule has 6 nitrogen and oxygen atoms in total. The van der Waals surface area contributed by atoms with E-state index in [2.05, 4.69) is 10.5 Å². The number of rotatable bonds is 5. The second-order valence-electron chi connectivity index (χ2n) is 4.45. The Morgan fingerprint density at radius 2 is 2.00 bits per heavy atom. The third-order valence-corrected chi connectivity index (χ3v) is 2.70. The average molecular weight is 288 g/mol. The molecule has 1 amide bonds. The number of carbonyl (C=O) groups excluding carboxylic acids is 2. The number of nitrogens with one attached hydrogen (secondary N) is 1. The highest BCUT2D eigenvalue weighted by atomic mass is 16.5. The first kappa shape index (κ1) is 14.8. The SMILES string of the molecule is CCOC(=O)c1ccc(NC(=O)Cc2cc(C)on2)cc1. The zero-order valence-electron chi connectivity index (χ0n) is 11.9. The van der Waals surface area contributed by atoms with Gasteiger partial charge in [-0.3, -0.25) is 4.79 Å². The number of esters is 1. The van der Waals surface area contributed by atoms with Crippen molar-refractivity contribution in [1.82, 2.24) is 5.16 Å². The molecule has 110 valence electrons. The quantitative estimate of drug-likeness (QED) is 0.854. The van der Waals surface area contributed by atoms with Crippen LogP contribution in [0.4, 0.5) is 5.69 Å². The van der Waals surface area contributed by atoms with Gasteiger partial charge in [0.1, 0.15) is 5.76 Å². The normalized spacial score (nSPS) is 10.2. The highest BCUT2D eigenvalue weighted by Gasteiger charge is 2.09. The maximum absolute atomic E-state index is 11.8. The Balaban J connectivity index is 1.93. The van der Waals surface area contributed by atoms with Crippen LogP contribution in [-0.4, -0.2) is 23.6 Å². The molecule has 0 fully saturated rings. The van der Waals surface area contributed by atoms with Crippen molar-refractivity contribution < 1.29 is 18.8 Å². The molecule has 21 heavy (non-hydrogen) atoms.